The largest absolute Gasteiger partial charge is 0.349 e. The minimum absolute atomic E-state index is 0.0527. The third-order valence-electron chi connectivity index (χ3n) is 3.61. The van der Waals surface area contributed by atoms with Gasteiger partial charge in [0.25, 0.3) is 5.91 Å². The molecule has 1 aliphatic rings. The van der Waals surface area contributed by atoms with Gasteiger partial charge in [-0.2, -0.15) is 0 Å². The number of benzene rings is 1. The maximum Gasteiger partial charge on any atom is 0.256 e. The molecule has 1 N–H and O–H groups in total. The summed E-state index contributed by atoms with van der Waals surface area (Å²) in [5.41, 5.74) is -0.0527. The Morgan fingerprint density at radius 2 is 2.16 bits per heavy atom. The standard InChI is InChI=1S/C14H16BrClFNO/c15-8-9-4-1-2-7-12(9)18-14(19)13-10(16)5-3-6-11(13)17/h3,5-6,9,12H,1-2,4,7-8H2,(H,18,19). The van der Waals surface area contributed by atoms with Crippen molar-refractivity contribution in [2.75, 3.05) is 5.33 Å². The predicted octanol–water partition coefficient (Wildman–Crippen LogP) is 4.16. The zero-order valence-electron chi connectivity index (χ0n) is 10.5. The fourth-order valence-electron chi connectivity index (χ4n) is 2.54. The van der Waals surface area contributed by atoms with E-state index in [1.807, 2.05) is 0 Å². The van der Waals surface area contributed by atoms with Crippen molar-refractivity contribution in [2.45, 2.75) is 31.7 Å². The number of nitrogens with one attached hydrogen (secondary N) is 1. The molecule has 2 unspecified atom stereocenters. The van der Waals surface area contributed by atoms with E-state index in [2.05, 4.69) is 21.2 Å². The van der Waals surface area contributed by atoms with Gasteiger partial charge in [0, 0.05) is 11.4 Å². The fourth-order valence-corrected chi connectivity index (χ4v) is 3.56. The van der Waals surface area contributed by atoms with Gasteiger partial charge >= 0.3 is 0 Å². The molecule has 0 spiro atoms. The zero-order valence-corrected chi connectivity index (χ0v) is 12.8. The fraction of sp³-hybridized carbons (Fsp3) is 0.500. The number of carbonyl (C=O) groups excluding carboxylic acids is 1. The third-order valence-corrected chi connectivity index (χ3v) is 4.76. The lowest BCUT2D eigenvalue weighted by atomic mass is 9.86. The molecule has 5 heteroatoms. The van der Waals surface area contributed by atoms with Crippen molar-refractivity contribution in [1.82, 2.24) is 5.32 Å². The van der Waals surface area contributed by atoms with Crippen LogP contribution >= 0.6 is 27.5 Å². The van der Waals surface area contributed by atoms with Gasteiger partial charge in [-0.15, -0.1) is 0 Å². The molecule has 0 bridgehead atoms. The van der Waals surface area contributed by atoms with Crippen LogP contribution in [0, 0.1) is 11.7 Å². The van der Waals surface area contributed by atoms with Crippen LogP contribution in [0.4, 0.5) is 4.39 Å². The summed E-state index contributed by atoms with van der Waals surface area (Å²) in [5, 5.41) is 3.93. The van der Waals surface area contributed by atoms with Crippen LogP contribution < -0.4 is 5.32 Å². The van der Waals surface area contributed by atoms with Crippen molar-refractivity contribution in [1.29, 1.82) is 0 Å². The van der Waals surface area contributed by atoms with Gasteiger partial charge in [-0.05, 0) is 30.9 Å². The zero-order chi connectivity index (χ0) is 13.8. The Bertz CT molecular complexity index is 449. The lowest BCUT2D eigenvalue weighted by Gasteiger charge is -2.31. The molecule has 0 heterocycles. The quantitative estimate of drug-likeness (QED) is 0.816. The maximum absolute atomic E-state index is 13.7. The summed E-state index contributed by atoms with van der Waals surface area (Å²) in [6, 6.07) is 4.37. The molecule has 104 valence electrons. The van der Waals surface area contributed by atoms with Crippen molar-refractivity contribution < 1.29 is 9.18 Å². The molecule has 1 aromatic carbocycles. The van der Waals surface area contributed by atoms with Crippen LogP contribution in [0.3, 0.4) is 0 Å². The predicted molar refractivity (Wildman–Crippen MR) is 78.4 cm³/mol. The Labute approximate surface area is 125 Å². The Morgan fingerprint density at radius 3 is 2.84 bits per heavy atom. The first-order chi connectivity index (χ1) is 9.13. The summed E-state index contributed by atoms with van der Waals surface area (Å²) in [4.78, 5) is 12.2. The molecule has 1 fully saturated rings. The molecule has 2 nitrogen and oxygen atoms in total. The lowest BCUT2D eigenvalue weighted by molar-refractivity contribution is 0.0907. The van der Waals surface area contributed by atoms with Crippen LogP contribution in [0.15, 0.2) is 18.2 Å². The number of amides is 1. The summed E-state index contributed by atoms with van der Waals surface area (Å²) in [7, 11) is 0. The van der Waals surface area contributed by atoms with Crippen molar-refractivity contribution in [3.05, 3.63) is 34.6 Å². The van der Waals surface area contributed by atoms with Crippen LogP contribution in [0.5, 0.6) is 0 Å². The van der Waals surface area contributed by atoms with Gasteiger partial charge in [0.1, 0.15) is 5.82 Å². The molecular formula is C14H16BrClFNO. The molecular weight excluding hydrogens is 333 g/mol. The number of rotatable bonds is 3. The number of hydrogen-bond donors (Lipinski definition) is 1. The smallest absolute Gasteiger partial charge is 0.256 e. The van der Waals surface area contributed by atoms with E-state index in [-0.39, 0.29) is 16.6 Å². The molecule has 0 saturated heterocycles. The highest BCUT2D eigenvalue weighted by molar-refractivity contribution is 9.09. The first-order valence-electron chi connectivity index (χ1n) is 6.44. The van der Waals surface area contributed by atoms with Gasteiger partial charge in [0.2, 0.25) is 0 Å². The second kappa shape index (κ2) is 6.71. The monoisotopic (exact) mass is 347 g/mol. The molecule has 1 aromatic rings. The second-order valence-corrected chi connectivity index (χ2v) is 5.93. The van der Waals surface area contributed by atoms with Crippen LogP contribution in [0.1, 0.15) is 36.0 Å². The van der Waals surface area contributed by atoms with E-state index in [0.717, 1.165) is 24.6 Å². The van der Waals surface area contributed by atoms with Gasteiger partial charge in [0.05, 0.1) is 10.6 Å². The number of alkyl halides is 1. The summed E-state index contributed by atoms with van der Waals surface area (Å²) in [5.74, 6) is -0.583. The molecule has 0 aromatic heterocycles. The Balaban J connectivity index is 2.12. The topological polar surface area (TPSA) is 29.1 Å². The Hall–Kier alpha value is -0.610. The molecule has 1 saturated carbocycles. The molecule has 2 atom stereocenters. The first-order valence-corrected chi connectivity index (χ1v) is 7.94. The van der Waals surface area contributed by atoms with Gasteiger partial charge in [-0.25, -0.2) is 4.39 Å². The SMILES string of the molecule is O=C(NC1CCCCC1CBr)c1c(F)cccc1Cl. The van der Waals surface area contributed by atoms with E-state index in [4.69, 9.17) is 11.6 Å². The van der Waals surface area contributed by atoms with Gasteiger partial charge in [-0.3, -0.25) is 4.79 Å². The first kappa shape index (κ1) is 14.8. The molecule has 0 aliphatic heterocycles. The van der Waals surface area contributed by atoms with E-state index < -0.39 is 11.7 Å². The van der Waals surface area contributed by atoms with Crippen LogP contribution in [0.2, 0.25) is 5.02 Å². The Kier molecular flexibility index (Phi) is 5.22. The van der Waals surface area contributed by atoms with Crippen molar-refractivity contribution in [3.63, 3.8) is 0 Å². The average molecular weight is 349 g/mol. The minimum atomic E-state index is -0.573. The summed E-state index contributed by atoms with van der Waals surface area (Å²) in [6.07, 6.45) is 4.30. The van der Waals surface area contributed by atoms with Gasteiger partial charge in [-0.1, -0.05) is 46.4 Å². The number of carbonyl (C=O) groups is 1. The van der Waals surface area contributed by atoms with E-state index in [9.17, 15) is 9.18 Å². The summed E-state index contributed by atoms with van der Waals surface area (Å²) in [6.45, 7) is 0. The van der Waals surface area contributed by atoms with Crippen molar-refractivity contribution in [3.8, 4) is 0 Å². The number of hydrogen-bond acceptors (Lipinski definition) is 1. The molecule has 0 radical (unpaired) electrons. The Morgan fingerprint density at radius 1 is 1.42 bits per heavy atom. The van der Waals surface area contributed by atoms with Crippen LogP contribution in [-0.4, -0.2) is 17.3 Å². The van der Waals surface area contributed by atoms with E-state index >= 15 is 0 Å². The molecule has 1 aliphatic carbocycles. The molecule has 2 rings (SSSR count). The average Bonchev–Trinajstić information content (AvgIpc) is 2.39. The normalized spacial score (nSPS) is 23.1. The highest BCUT2D eigenvalue weighted by Gasteiger charge is 2.27. The summed E-state index contributed by atoms with van der Waals surface area (Å²) >= 11 is 9.38. The van der Waals surface area contributed by atoms with E-state index in [0.29, 0.717) is 5.92 Å². The van der Waals surface area contributed by atoms with Crippen LogP contribution in [-0.2, 0) is 0 Å². The van der Waals surface area contributed by atoms with E-state index in [1.54, 1.807) is 0 Å². The van der Waals surface area contributed by atoms with Crippen molar-refractivity contribution >= 4 is 33.4 Å². The minimum Gasteiger partial charge on any atom is -0.349 e. The van der Waals surface area contributed by atoms with Crippen molar-refractivity contribution in [2.24, 2.45) is 5.92 Å². The second-order valence-electron chi connectivity index (χ2n) is 4.88. The van der Waals surface area contributed by atoms with Gasteiger partial charge in [0.15, 0.2) is 0 Å². The van der Waals surface area contributed by atoms with Crippen LogP contribution in [0.25, 0.3) is 0 Å². The maximum atomic E-state index is 13.7. The number of halogens is 3. The lowest BCUT2D eigenvalue weighted by Crippen LogP contribution is -2.43. The third kappa shape index (κ3) is 3.48. The highest BCUT2D eigenvalue weighted by atomic mass is 79.9. The highest BCUT2D eigenvalue weighted by Crippen LogP contribution is 2.27. The van der Waals surface area contributed by atoms with E-state index in [1.165, 1.54) is 24.6 Å². The van der Waals surface area contributed by atoms with Gasteiger partial charge < -0.3 is 5.32 Å². The summed E-state index contributed by atoms with van der Waals surface area (Å²) < 4.78 is 13.7. The molecule has 19 heavy (non-hydrogen) atoms. The molecule has 1 amide bonds.